The molecule has 1 fully saturated rings. The largest absolute Gasteiger partial charge is 0.338 e. The minimum Gasteiger partial charge on any atom is -0.338 e. The van der Waals surface area contributed by atoms with Crippen LogP contribution in [0.2, 0.25) is 0 Å². The monoisotopic (exact) mass is 243 g/mol. The lowest BCUT2D eigenvalue weighted by Crippen LogP contribution is -2.36. The summed E-state index contributed by atoms with van der Waals surface area (Å²) in [4.78, 5) is 4.24. The molecule has 0 bridgehead atoms. The molecule has 2 heterocycles. The van der Waals surface area contributed by atoms with Gasteiger partial charge in [0.2, 0.25) is 10.0 Å². The Bertz CT molecular complexity index is 466. The Labute approximate surface area is 96.1 Å². The first-order valence-electron chi connectivity index (χ1n) is 5.41. The van der Waals surface area contributed by atoms with Crippen molar-refractivity contribution in [2.75, 3.05) is 12.8 Å². The van der Waals surface area contributed by atoms with Crippen molar-refractivity contribution in [1.29, 1.82) is 0 Å². The van der Waals surface area contributed by atoms with Gasteiger partial charge in [0.1, 0.15) is 5.82 Å². The SMILES string of the molecule is Cn1ccnc1C[C@H]1CCCN1S(C)(=O)=O. The average Bonchev–Trinajstić information content (AvgIpc) is 2.76. The summed E-state index contributed by atoms with van der Waals surface area (Å²) in [7, 11) is -1.14. The molecule has 1 saturated heterocycles. The van der Waals surface area contributed by atoms with Gasteiger partial charge in [-0.15, -0.1) is 0 Å². The van der Waals surface area contributed by atoms with E-state index < -0.39 is 10.0 Å². The quantitative estimate of drug-likeness (QED) is 0.771. The zero-order chi connectivity index (χ0) is 11.8. The molecule has 0 N–H and O–H groups in total. The van der Waals surface area contributed by atoms with Crippen LogP contribution in [0.15, 0.2) is 12.4 Å². The molecule has 1 atom stereocenters. The molecule has 0 radical (unpaired) electrons. The number of aromatic nitrogens is 2. The van der Waals surface area contributed by atoms with E-state index in [1.165, 1.54) is 6.26 Å². The fourth-order valence-corrected chi connectivity index (χ4v) is 3.44. The van der Waals surface area contributed by atoms with Gasteiger partial charge < -0.3 is 4.57 Å². The molecule has 1 aromatic rings. The number of nitrogens with zero attached hydrogens (tertiary/aromatic N) is 3. The molecule has 2 rings (SSSR count). The van der Waals surface area contributed by atoms with Crippen molar-refractivity contribution in [2.45, 2.75) is 25.3 Å². The van der Waals surface area contributed by atoms with Crippen LogP contribution in [0.3, 0.4) is 0 Å². The standard InChI is InChI=1S/C10H17N3O2S/c1-12-7-5-11-10(12)8-9-4-3-6-13(9)16(2,14)15/h5,7,9H,3-4,6,8H2,1-2H3/t9-/m1/s1. The summed E-state index contributed by atoms with van der Waals surface area (Å²) < 4.78 is 26.7. The summed E-state index contributed by atoms with van der Waals surface area (Å²) in [5, 5.41) is 0. The number of rotatable bonds is 3. The van der Waals surface area contributed by atoms with Crippen LogP contribution in [0.25, 0.3) is 0 Å². The first-order chi connectivity index (χ1) is 7.48. The van der Waals surface area contributed by atoms with Crippen molar-refractivity contribution >= 4 is 10.0 Å². The third kappa shape index (κ3) is 2.27. The van der Waals surface area contributed by atoms with Crippen LogP contribution in [0.5, 0.6) is 0 Å². The Kier molecular flexibility index (Phi) is 3.03. The van der Waals surface area contributed by atoms with Gasteiger partial charge >= 0.3 is 0 Å². The van der Waals surface area contributed by atoms with Gasteiger partial charge in [-0.05, 0) is 12.8 Å². The van der Waals surface area contributed by atoms with Gasteiger partial charge in [-0.3, -0.25) is 0 Å². The summed E-state index contributed by atoms with van der Waals surface area (Å²) in [6.07, 6.45) is 7.49. The van der Waals surface area contributed by atoms with Gasteiger partial charge in [0.05, 0.1) is 6.26 Å². The second kappa shape index (κ2) is 4.18. The fraction of sp³-hybridized carbons (Fsp3) is 0.700. The molecule has 0 amide bonds. The maximum Gasteiger partial charge on any atom is 0.211 e. The Hall–Kier alpha value is -0.880. The molecular formula is C10H17N3O2S. The average molecular weight is 243 g/mol. The van der Waals surface area contributed by atoms with Crippen LogP contribution >= 0.6 is 0 Å². The molecule has 1 aliphatic heterocycles. The lowest BCUT2D eigenvalue weighted by molar-refractivity contribution is 0.382. The van der Waals surface area contributed by atoms with Gasteiger partial charge in [0.15, 0.2) is 0 Å². The van der Waals surface area contributed by atoms with E-state index in [2.05, 4.69) is 4.98 Å². The Balaban J connectivity index is 2.13. The predicted molar refractivity (Wildman–Crippen MR) is 61.5 cm³/mol. The maximum atomic E-state index is 11.6. The highest BCUT2D eigenvalue weighted by atomic mass is 32.2. The normalized spacial score (nSPS) is 22.8. The van der Waals surface area contributed by atoms with Crippen LogP contribution in [0, 0.1) is 0 Å². The van der Waals surface area contributed by atoms with Crippen molar-refractivity contribution in [3.05, 3.63) is 18.2 Å². The Morgan fingerprint density at radius 2 is 2.31 bits per heavy atom. The lowest BCUT2D eigenvalue weighted by atomic mass is 10.1. The minimum atomic E-state index is -3.07. The summed E-state index contributed by atoms with van der Waals surface area (Å²) in [5.74, 6) is 0.945. The van der Waals surface area contributed by atoms with Gasteiger partial charge in [-0.25, -0.2) is 13.4 Å². The molecule has 5 nitrogen and oxygen atoms in total. The second-order valence-electron chi connectivity index (χ2n) is 4.33. The van der Waals surface area contributed by atoms with E-state index in [4.69, 9.17) is 0 Å². The maximum absolute atomic E-state index is 11.6. The van der Waals surface area contributed by atoms with Gasteiger partial charge in [-0.1, -0.05) is 0 Å². The van der Waals surface area contributed by atoms with E-state index in [1.54, 1.807) is 10.5 Å². The van der Waals surface area contributed by atoms with Gasteiger partial charge in [0, 0.05) is 38.4 Å². The van der Waals surface area contributed by atoms with E-state index in [0.29, 0.717) is 13.0 Å². The number of hydrogen-bond acceptors (Lipinski definition) is 3. The van der Waals surface area contributed by atoms with Crippen molar-refractivity contribution < 1.29 is 8.42 Å². The molecule has 1 aromatic heterocycles. The molecule has 0 aliphatic carbocycles. The molecule has 0 aromatic carbocycles. The lowest BCUT2D eigenvalue weighted by Gasteiger charge is -2.21. The molecule has 0 saturated carbocycles. The third-order valence-corrected chi connectivity index (χ3v) is 4.42. The summed E-state index contributed by atoms with van der Waals surface area (Å²) in [5.41, 5.74) is 0. The van der Waals surface area contributed by atoms with Crippen LogP contribution in [0.4, 0.5) is 0 Å². The molecule has 16 heavy (non-hydrogen) atoms. The molecule has 0 spiro atoms. The van der Waals surface area contributed by atoms with E-state index >= 15 is 0 Å². The highest BCUT2D eigenvalue weighted by Crippen LogP contribution is 2.22. The van der Waals surface area contributed by atoms with E-state index in [-0.39, 0.29) is 6.04 Å². The highest BCUT2D eigenvalue weighted by molar-refractivity contribution is 7.88. The first kappa shape index (κ1) is 11.6. The van der Waals surface area contributed by atoms with Gasteiger partial charge in [-0.2, -0.15) is 4.31 Å². The first-order valence-corrected chi connectivity index (χ1v) is 7.26. The van der Waals surface area contributed by atoms with E-state index in [1.807, 2.05) is 17.8 Å². The summed E-state index contributed by atoms with van der Waals surface area (Å²) in [6.45, 7) is 0.647. The Morgan fingerprint density at radius 3 is 2.88 bits per heavy atom. The summed E-state index contributed by atoms with van der Waals surface area (Å²) in [6, 6.07) is 0.0797. The zero-order valence-electron chi connectivity index (χ0n) is 9.63. The molecule has 6 heteroatoms. The van der Waals surface area contributed by atoms with Gasteiger partial charge in [0.25, 0.3) is 0 Å². The van der Waals surface area contributed by atoms with Crippen molar-refractivity contribution in [3.8, 4) is 0 Å². The van der Waals surface area contributed by atoms with Crippen molar-refractivity contribution in [3.63, 3.8) is 0 Å². The summed E-state index contributed by atoms with van der Waals surface area (Å²) >= 11 is 0. The fourth-order valence-electron chi connectivity index (χ4n) is 2.25. The van der Waals surface area contributed by atoms with Crippen molar-refractivity contribution in [2.24, 2.45) is 7.05 Å². The third-order valence-electron chi connectivity index (χ3n) is 3.09. The van der Waals surface area contributed by atoms with E-state index in [9.17, 15) is 8.42 Å². The smallest absolute Gasteiger partial charge is 0.211 e. The van der Waals surface area contributed by atoms with Crippen LogP contribution in [-0.4, -0.2) is 41.1 Å². The number of imidazole rings is 1. The molecule has 90 valence electrons. The topological polar surface area (TPSA) is 55.2 Å². The van der Waals surface area contributed by atoms with Crippen molar-refractivity contribution in [1.82, 2.24) is 13.9 Å². The molecule has 0 unspecified atom stereocenters. The van der Waals surface area contributed by atoms with Crippen LogP contribution in [-0.2, 0) is 23.5 Å². The molecular weight excluding hydrogens is 226 g/mol. The minimum absolute atomic E-state index is 0.0797. The number of aryl methyl sites for hydroxylation is 1. The second-order valence-corrected chi connectivity index (χ2v) is 6.26. The molecule has 1 aliphatic rings. The zero-order valence-corrected chi connectivity index (χ0v) is 10.4. The number of sulfonamides is 1. The van der Waals surface area contributed by atoms with E-state index in [0.717, 1.165) is 18.7 Å². The van der Waals surface area contributed by atoms with Crippen LogP contribution in [0.1, 0.15) is 18.7 Å². The van der Waals surface area contributed by atoms with Crippen LogP contribution < -0.4 is 0 Å². The number of hydrogen-bond donors (Lipinski definition) is 0. The highest BCUT2D eigenvalue weighted by Gasteiger charge is 2.31. The predicted octanol–water partition coefficient (Wildman–Crippen LogP) is 0.387. The Morgan fingerprint density at radius 1 is 1.56 bits per heavy atom.